The summed E-state index contributed by atoms with van der Waals surface area (Å²) in [7, 11) is 1.36. The van der Waals surface area contributed by atoms with Crippen LogP contribution in [0.25, 0.3) is 0 Å². The first kappa shape index (κ1) is 14.0. The molecule has 0 fully saturated rings. The maximum Gasteiger partial charge on any atom is 0.306 e. The van der Waals surface area contributed by atoms with Crippen LogP contribution in [-0.2, 0) is 14.3 Å². The van der Waals surface area contributed by atoms with Gasteiger partial charge in [0.1, 0.15) is 0 Å². The van der Waals surface area contributed by atoms with Gasteiger partial charge in [-0.05, 0) is 0 Å². The molecule has 0 aliphatic rings. The number of carbonyl (C=O) groups is 2. The normalized spacial score (nSPS) is 11.6. The summed E-state index contributed by atoms with van der Waals surface area (Å²) in [6, 6.07) is 0. The predicted molar refractivity (Wildman–Crippen MR) is 61.8 cm³/mol. The topological polar surface area (TPSA) is 55.4 Å². The molecule has 0 bridgehead atoms. The fourth-order valence-electron chi connectivity index (χ4n) is 0.832. The van der Waals surface area contributed by atoms with Gasteiger partial charge in [0.25, 0.3) is 0 Å². The second-order valence-electron chi connectivity index (χ2n) is 2.99. The Bertz CT molecular complexity index is 231. The quantitative estimate of drug-likeness (QED) is 0.524. The molecular formula is C10H17NO3S. The highest BCUT2D eigenvalue weighted by Crippen LogP contribution is 2.13. The maximum absolute atomic E-state index is 11.2. The number of nitrogens with one attached hydrogen (secondary N) is 1. The van der Waals surface area contributed by atoms with Crippen LogP contribution in [0.4, 0.5) is 0 Å². The van der Waals surface area contributed by atoms with E-state index in [0.717, 1.165) is 0 Å². The molecule has 5 heteroatoms. The molecule has 0 aromatic rings. The third-order valence-electron chi connectivity index (χ3n) is 1.62. The van der Waals surface area contributed by atoms with Gasteiger partial charge < -0.3 is 10.1 Å². The zero-order valence-electron chi connectivity index (χ0n) is 9.12. The molecule has 0 saturated carbocycles. The molecule has 4 nitrogen and oxygen atoms in total. The molecule has 0 aromatic carbocycles. The van der Waals surface area contributed by atoms with Gasteiger partial charge in [0.2, 0.25) is 5.91 Å². The van der Waals surface area contributed by atoms with Gasteiger partial charge in [-0.25, -0.2) is 0 Å². The largest absolute Gasteiger partial charge is 0.469 e. The Labute approximate surface area is 94.4 Å². The molecule has 0 radical (unpaired) electrons. The van der Waals surface area contributed by atoms with Crippen molar-refractivity contribution in [3.05, 3.63) is 12.7 Å². The third kappa shape index (κ3) is 8.05. The highest BCUT2D eigenvalue weighted by molar-refractivity contribution is 8.00. The summed E-state index contributed by atoms with van der Waals surface area (Å²) in [6.45, 7) is 5.86. The standard InChI is InChI=1S/C10H17NO3S/c1-4-5-11-9(12)7-15-8(2)6-10(13)14-3/h4,8H,1,5-7H2,2-3H3,(H,11,12). The fourth-order valence-corrected chi connectivity index (χ4v) is 1.62. The molecule has 0 saturated heterocycles. The van der Waals surface area contributed by atoms with Crippen molar-refractivity contribution in [1.29, 1.82) is 0 Å². The van der Waals surface area contributed by atoms with E-state index in [9.17, 15) is 9.59 Å². The molecule has 0 rings (SSSR count). The summed E-state index contributed by atoms with van der Waals surface area (Å²) in [5, 5.41) is 2.75. The van der Waals surface area contributed by atoms with E-state index < -0.39 is 0 Å². The number of methoxy groups -OCH3 is 1. The van der Waals surface area contributed by atoms with Gasteiger partial charge in [-0.3, -0.25) is 9.59 Å². The first-order valence-electron chi connectivity index (χ1n) is 4.66. The van der Waals surface area contributed by atoms with Crippen LogP contribution < -0.4 is 5.32 Å². The van der Waals surface area contributed by atoms with Gasteiger partial charge in [-0.15, -0.1) is 18.3 Å². The Morgan fingerprint density at radius 1 is 1.60 bits per heavy atom. The minimum atomic E-state index is -0.249. The van der Waals surface area contributed by atoms with Crippen molar-refractivity contribution < 1.29 is 14.3 Å². The van der Waals surface area contributed by atoms with Crippen molar-refractivity contribution in [2.45, 2.75) is 18.6 Å². The summed E-state index contributed by atoms with van der Waals surface area (Å²) < 4.78 is 4.53. The third-order valence-corrected chi connectivity index (χ3v) is 2.79. The molecule has 1 amide bonds. The average Bonchev–Trinajstić information content (AvgIpc) is 2.23. The molecule has 1 N–H and O–H groups in total. The van der Waals surface area contributed by atoms with Gasteiger partial charge in [0.05, 0.1) is 19.3 Å². The van der Waals surface area contributed by atoms with Crippen LogP contribution in [0.15, 0.2) is 12.7 Å². The maximum atomic E-state index is 11.2. The zero-order chi connectivity index (χ0) is 11.7. The van der Waals surface area contributed by atoms with E-state index in [1.165, 1.54) is 18.9 Å². The summed E-state index contributed by atoms with van der Waals surface area (Å²) >= 11 is 1.43. The number of hydrogen-bond donors (Lipinski definition) is 1. The predicted octanol–water partition coefficient (Wildman–Crippen LogP) is 0.973. The van der Waals surface area contributed by atoms with E-state index in [2.05, 4.69) is 16.6 Å². The molecular weight excluding hydrogens is 214 g/mol. The van der Waals surface area contributed by atoms with Crippen LogP contribution in [-0.4, -0.2) is 36.5 Å². The van der Waals surface area contributed by atoms with Crippen LogP contribution >= 0.6 is 11.8 Å². The summed E-state index contributed by atoms with van der Waals surface area (Å²) in [5.74, 6) is 0.0598. The minimum absolute atomic E-state index is 0.0448. The molecule has 0 spiro atoms. The van der Waals surface area contributed by atoms with Crippen molar-refractivity contribution in [1.82, 2.24) is 5.32 Å². The number of esters is 1. The van der Waals surface area contributed by atoms with Gasteiger partial charge in [-0.2, -0.15) is 0 Å². The van der Waals surface area contributed by atoms with E-state index in [4.69, 9.17) is 0 Å². The molecule has 1 unspecified atom stereocenters. The number of amides is 1. The lowest BCUT2D eigenvalue weighted by molar-refractivity contribution is -0.140. The summed E-state index contributed by atoms with van der Waals surface area (Å²) in [6.07, 6.45) is 1.95. The molecule has 0 aliphatic heterocycles. The van der Waals surface area contributed by atoms with Crippen molar-refractivity contribution in [3.63, 3.8) is 0 Å². The Kier molecular flexibility index (Phi) is 7.81. The number of thioether (sulfide) groups is 1. The molecule has 1 atom stereocenters. The molecule has 0 aliphatic carbocycles. The van der Waals surface area contributed by atoms with Gasteiger partial charge in [0.15, 0.2) is 0 Å². The van der Waals surface area contributed by atoms with Crippen LogP contribution in [0, 0.1) is 0 Å². The van der Waals surface area contributed by atoms with E-state index in [1.807, 2.05) is 6.92 Å². The minimum Gasteiger partial charge on any atom is -0.469 e. The van der Waals surface area contributed by atoms with Crippen LogP contribution in [0.2, 0.25) is 0 Å². The van der Waals surface area contributed by atoms with Crippen molar-refractivity contribution in [2.24, 2.45) is 0 Å². The van der Waals surface area contributed by atoms with Crippen molar-refractivity contribution >= 4 is 23.6 Å². The Morgan fingerprint density at radius 3 is 2.80 bits per heavy atom. The second-order valence-corrected chi connectivity index (χ2v) is 4.42. The summed E-state index contributed by atoms with van der Waals surface area (Å²) in [4.78, 5) is 22.1. The van der Waals surface area contributed by atoms with Crippen LogP contribution in [0.5, 0.6) is 0 Å². The molecule has 15 heavy (non-hydrogen) atoms. The molecule has 86 valence electrons. The van der Waals surface area contributed by atoms with Gasteiger partial charge >= 0.3 is 5.97 Å². The number of ether oxygens (including phenoxy) is 1. The highest BCUT2D eigenvalue weighted by atomic mass is 32.2. The second kappa shape index (κ2) is 8.35. The number of rotatable bonds is 7. The zero-order valence-corrected chi connectivity index (χ0v) is 9.93. The van der Waals surface area contributed by atoms with E-state index in [-0.39, 0.29) is 17.1 Å². The van der Waals surface area contributed by atoms with Crippen molar-refractivity contribution in [3.8, 4) is 0 Å². The van der Waals surface area contributed by atoms with Crippen molar-refractivity contribution in [2.75, 3.05) is 19.4 Å². The number of hydrogen-bond acceptors (Lipinski definition) is 4. The SMILES string of the molecule is C=CCNC(=O)CSC(C)CC(=O)OC. The van der Waals surface area contributed by atoms with E-state index in [1.54, 1.807) is 6.08 Å². The first-order valence-corrected chi connectivity index (χ1v) is 5.71. The smallest absolute Gasteiger partial charge is 0.306 e. The molecule has 0 aromatic heterocycles. The number of carbonyl (C=O) groups excluding carboxylic acids is 2. The van der Waals surface area contributed by atoms with Gasteiger partial charge in [-0.1, -0.05) is 13.0 Å². The molecule has 0 heterocycles. The monoisotopic (exact) mass is 231 g/mol. The van der Waals surface area contributed by atoms with Gasteiger partial charge in [0, 0.05) is 11.8 Å². The summed E-state index contributed by atoms with van der Waals surface area (Å²) in [5.41, 5.74) is 0. The van der Waals surface area contributed by atoms with Crippen LogP contribution in [0.3, 0.4) is 0 Å². The average molecular weight is 231 g/mol. The lowest BCUT2D eigenvalue weighted by atomic mass is 10.3. The first-order chi connectivity index (χ1) is 7.10. The highest BCUT2D eigenvalue weighted by Gasteiger charge is 2.11. The Morgan fingerprint density at radius 2 is 2.27 bits per heavy atom. The van der Waals surface area contributed by atoms with E-state index >= 15 is 0 Å². The lowest BCUT2D eigenvalue weighted by Gasteiger charge is -2.09. The Hall–Kier alpha value is -0.970. The van der Waals surface area contributed by atoms with E-state index in [0.29, 0.717) is 18.7 Å². The Balaban J connectivity index is 3.61. The lowest BCUT2D eigenvalue weighted by Crippen LogP contribution is -2.26. The fraction of sp³-hybridized carbons (Fsp3) is 0.600. The van der Waals surface area contributed by atoms with Crippen LogP contribution in [0.1, 0.15) is 13.3 Å².